The van der Waals surface area contributed by atoms with Crippen molar-refractivity contribution >= 4 is 5.91 Å². The highest BCUT2D eigenvalue weighted by atomic mass is 16.5. The number of amides is 1. The fourth-order valence-corrected chi connectivity index (χ4v) is 3.34. The molecule has 0 bridgehead atoms. The molecule has 0 aliphatic carbocycles. The summed E-state index contributed by atoms with van der Waals surface area (Å²) in [5.41, 5.74) is 0.415. The van der Waals surface area contributed by atoms with E-state index in [1.165, 1.54) is 10.6 Å². The van der Waals surface area contributed by atoms with Gasteiger partial charge in [0.1, 0.15) is 5.82 Å². The molecule has 1 aliphatic rings. The monoisotopic (exact) mass is 344 g/mol. The number of aromatic nitrogens is 3. The van der Waals surface area contributed by atoms with Gasteiger partial charge in [0, 0.05) is 51.4 Å². The number of rotatable bonds is 5. The molecule has 0 aromatic carbocycles. The average Bonchev–Trinajstić information content (AvgIpc) is 3.06. The van der Waals surface area contributed by atoms with E-state index in [4.69, 9.17) is 4.74 Å². The normalized spacial score (nSPS) is 17.7. The van der Waals surface area contributed by atoms with E-state index in [1.807, 2.05) is 18.0 Å². The summed E-state index contributed by atoms with van der Waals surface area (Å²) in [6.45, 7) is 4.25. The highest BCUT2D eigenvalue weighted by molar-refractivity contribution is 5.94. The summed E-state index contributed by atoms with van der Waals surface area (Å²) in [5, 5.41) is 0. The zero-order valence-corrected chi connectivity index (χ0v) is 14.7. The molecule has 0 radical (unpaired) electrons. The van der Waals surface area contributed by atoms with Gasteiger partial charge >= 0.3 is 0 Å². The van der Waals surface area contributed by atoms with E-state index in [1.54, 1.807) is 25.6 Å². The Balaban J connectivity index is 1.76. The molecule has 2 aromatic rings. The van der Waals surface area contributed by atoms with Crippen LogP contribution in [0.2, 0.25) is 0 Å². The van der Waals surface area contributed by atoms with Crippen LogP contribution in [-0.4, -0.2) is 51.7 Å². The van der Waals surface area contributed by atoms with Gasteiger partial charge in [-0.25, -0.2) is 4.98 Å². The topological polar surface area (TPSA) is 69.4 Å². The number of likely N-dealkylation sites (tertiary alicyclic amines) is 1. The van der Waals surface area contributed by atoms with Crippen molar-refractivity contribution in [3.05, 3.63) is 52.5 Å². The van der Waals surface area contributed by atoms with Crippen LogP contribution in [0.5, 0.6) is 0 Å². The van der Waals surface area contributed by atoms with Crippen LogP contribution in [0.25, 0.3) is 0 Å². The number of carbonyl (C=O) groups is 1. The number of hydrogen-bond donors (Lipinski definition) is 0. The molecule has 1 atom stereocenters. The van der Waals surface area contributed by atoms with Gasteiger partial charge in [0.25, 0.3) is 11.5 Å². The number of piperidine rings is 1. The maximum atomic E-state index is 12.9. The largest absolute Gasteiger partial charge is 0.383 e. The average molecular weight is 344 g/mol. The van der Waals surface area contributed by atoms with Gasteiger partial charge in [0.05, 0.1) is 18.2 Å². The first-order valence-corrected chi connectivity index (χ1v) is 8.58. The van der Waals surface area contributed by atoms with Crippen LogP contribution >= 0.6 is 0 Å². The molecular weight excluding hydrogens is 320 g/mol. The Kier molecular flexibility index (Phi) is 5.33. The van der Waals surface area contributed by atoms with Gasteiger partial charge in [-0.3, -0.25) is 9.59 Å². The fraction of sp³-hybridized carbons (Fsp3) is 0.500. The molecule has 3 rings (SSSR count). The first-order chi connectivity index (χ1) is 12.1. The molecular formula is C18H24N4O3. The number of nitrogens with zero attached hydrogens (tertiary/aromatic N) is 4. The van der Waals surface area contributed by atoms with Gasteiger partial charge in [-0.05, 0) is 25.8 Å². The lowest BCUT2D eigenvalue weighted by Crippen LogP contribution is -2.41. The zero-order valence-electron chi connectivity index (χ0n) is 14.7. The predicted octanol–water partition coefficient (Wildman–Crippen LogP) is 1.48. The third kappa shape index (κ3) is 3.82. The van der Waals surface area contributed by atoms with Crippen molar-refractivity contribution in [1.29, 1.82) is 0 Å². The molecule has 0 saturated carbocycles. The molecule has 0 spiro atoms. The van der Waals surface area contributed by atoms with Gasteiger partial charge in [-0.15, -0.1) is 0 Å². The lowest BCUT2D eigenvalue weighted by atomic mass is 10.0. The number of imidazole rings is 1. The molecule has 134 valence electrons. The number of pyridine rings is 1. The van der Waals surface area contributed by atoms with Gasteiger partial charge in [-0.1, -0.05) is 0 Å². The molecule has 7 heteroatoms. The van der Waals surface area contributed by atoms with Crippen LogP contribution in [0.15, 0.2) is 35.5 Å². The van der Waals surface area contributed by atoms with E-state index < -0.39 is 0 Å². The number of carbonyl (C=O) groups excluding carboxylic acids is 1. The fourth-order valence-electron chi connectivity index (χ4n) is 3.34. The van der Waals surface area contributed by atoms with Crippen molar-refractivity contribution in [1.82, 2.24) is 19.0 Å². The minimum atomic E-state index is -0.126. The van der Waals surface area contributed by atoms with Crippen molar-refractivity contribution in [2.75, 3.05) is 26.8 Å². The van der Waals surface area contributed by atoms with E-state index in [0.29, 0.717) is 25.3 Å². The summed E-state index contributed by atoms with van der Waals surface area (Å²) in [7, 11) is 1.59. The minimum Gasteiger partial charge on any atom is -0.383 e. The second-order valence-electron chi connectivity index (χ2n) is 6.37. The SMILES string of the molecule is COCCn1cc(C(=O)N2CCCC(n3ccnc3C)C2)ccc1=O. The molecule has 25 heavy (non-hydrogen) atoms. The number of methoxy groups -OCH3 is 1. The maximum Gasteiger partial charge on any atom is 0.255 e. The molecule has 1 amide bonds. The molecule has 0 N–H and O–H groups in total. The molecule has 1 saturated heterocycles. The van der Waals surface area contributed by atoms with Crippen LogP contribution in [0.4, 0.5) is 0 Å². The van der Waals surface area contributed by atoms with E-state index in [9.17, 15) is 9.59 Å². The predicted molar refractivity (Wildman–Crippen MR) is 93.7 cm³/mol. The number of aryl methyl sites for hydroxylation is 1. The highest BCUT2D eigenvalue weighted by Gasteiger charge is 2.26. The van der Waals surface area contributed by atoms with Crippen LogP contribution < -0.4 is 5.56 Å². The lowest BCUT2D eigenvalue weighted by molar-refractivity contribution is 0.0677. The smallest absolute Gasteiger partial charge is 0.255 e. The highest BCUT2D eigenvalue weighted by Crippen LogP contribution is 2.23. The maximum absolute atomic E-state index is 12.9. The second-order valence-corrected chi connectivity index (χ2v) is 6.37. The Morgan fingerprint density at radius 1 is 1.40 bits per heavy atom. The Bertz CT molecular complexity index is 796. The van der Waals surface area contributed by atoms with Crippen LogP contribution in [-0.2, 0) is 11.3 Å². The van der Waals surface area contributed by atoms with Gasteiger partial charge in [0.15, 0.2) is 0 Å². The number of ether oxygens (including phenoxy) is 1. The van der Waals surface area contributed by atoms with Crippen molar-refractivity contribution in [3.63, 3.8) is 0 Å². The molecule has 1 aliphatic heterocycles. The van der Waals surface area contributed by atoms with E-state index >= 15 is 0 Å². The van der Waals surface area contributed by atoms with Crippen LogP contribution in [0.3, 0.4) is 0 Å². The Hall–Kier alpha value is -2.41. The Morgan fingerprint density at radius 3 is 2.96 bits per heavy atom. The number of hydrogen-bond acceptors (Lipinski definition) is 4. The molecule has 7 nitrogen and oxygen atoms in total. The van der Waals surface area contributed by atoms with Gasteiger partial charge in [0.2, 0.25) is 0 Å². The van der Waals surface area contributed by atoms with Gasteiger partial charge in [-0.2, -0.15) is 0 Å². The third-order valence-electron chi connectivity index (χ3n) is 4.71. The molecule has 1 unspecified atom stereocenters. The summed E-state index contributed by atoms with van der Waals surface area (Å²) in [6.07, 6.45) is 7.39. The van der Waals surface area contributed by atoms with Gasteiger partial charge < -0.3 is 18.8 Å². The van der Waals surface area contributed by atoms with E-state index in [2.05, 4.69) is 9.55 Å². The van der Waals surface area contributed by atoms with E-state index in [0.717, 1.165) is 25.2 Å². The van der Waals surface area contributed by atoms with Crippen molar-refractivity contribution in [2.45, 2.75) is 32.4 Å². The van der Waals surface area contributed by atoms with Crippen molar-refractivity contribution < 1.29 is 9.53 Å². The molecule has 1 fully saturated rings. The third-order valence-corrected chi connectivity index (χ3v) is 4.71. The second kappa shape index (κ2) is 7.65. The summed E-state index contributed by atoms with van der Waals surface area (Å²) in [5.74, 6) is 0.932. The molecule has 2 aromatic heterocycles. The van der Waals surface area contributed by atoms with Crippen LogP contribution in [0.1, 0.15) is 35.1 Å². The molecule has 3 heterocycles. The Morgan fingerprint density at radius 2 is 2.24 bits per heavy atom. The first kappa shape index (κ1) is 17.4. The zero-order chi connectivity index (χ0) is 17.8. The summed E-state index contributed by atoms with van der Waals surface area (Å²) < 4.78 is 8.68. The lowest BCUT2D eigenvalue weighted by Gasteiger charge is -2.34. The van der Waals surface area contributed by atoms with Crippen molar-refractivity contribution in [3.8, 4) is 0 Å². The minimum absolute atomic E-state index is 0.0337. The summed E-state index contributed by atoms with van der Waals surface area (Å²) >= 11 is 0. The Labute approximate surface area is 146 Å². The summed E-state index contributed by atoms with van der Waals surface area (Å²) in [4.78, 5) is 30.9. The van der Waals surface area contributed by atoms with Crippen LogP contribution in [0, 0.1) is 6.92 Å². The quantitative estimate of drug-likeness (QED) is 0.824. The summed E-state index contributed by atoms with van der Waals surface area (Å²) in [6, 6.07) is 3.31. The first-order valence-electron chi connectivity index (χ1n) is 8.58. The van der Waals surface area contributed by atoms with Crippen molar-refractivity contribution in [2.24, 2.45) is 0 Å². The standard InChI is InChI=1S/C18H24N4O3/c1-14-19-7-9-22(14)16-4-3-8-21(13-16)18(24)15-5-6-17(23)20(12-15)10-11-25-2/h5-7,9,12,16H,3-4,8,10-11,13H2,1-2H3. The van der Waals surface area contributed by atoms with E-state index in [-0.39, 0.29) is 17.5 Å².